The number of aromatic nitrogens is 2. The summed E-state index contributed by atoms with van der Waals surface area (Å²) in [5, 5.41) is 1.20. The Kier molecular flexibility index (Phi) is 4.97. The van der Waals surface area contributed by atoms with Crippen LogP contribution in [0.5, 0.6) is 0 Å². The number of thiophene rings is 1. The monoisotopic (exact) mass is 420 g/mol. The molecule has 1 amide bonds. The van der Waals surface area contributed by atoms with Crippen LogP contribution in [-0.2, 0) is 11.2 Å². The first-order valence-corrected chi connectivity index (χ1v) is 11.7. The van der Waals surface area contributed by atoms with Gasteiger partial charge in [0, 0.05) is 43.4 Å². The highest BCUT2D eigenvalue weighted by molar-refractivity contribution is 7.18. The zero-order chi connectivity index (χ0) is 20.8. The van der Waals surface area contributed by atoms with Gasteiger partial charge < -0.3 is 9.80 Å². The van der Waals surface area contributed by atoms with Crippen LogP contribution in [0.1, 0.15) is 41.1 Å². The fourth-order valence-electron chi connectivity index (χ4n) is 4.57. The Morgan fingerprint density at radius 1 is 1.10 bits per heavy atom. The summed E-state index contributed by atoms with van der Waals surface area (Å²) in [5.41, 5.74) is 2.59. The molecule has 1 aromatic carbocycles. The molecular weight excluding hydrogens is 392 g/mol. The highest BCUT2D eigenvalue weighted by Gasteiger charge is 2.46. The van der Waals surface area contributed by atoms with E-state index in [1.807, 2.05) is 6.07 Å². The molecule has 1 aliphatic heterocycles. The standard InChI is InChI=1S/C24H28N4OS/c1-4-20-25-22(21-15(2)16(3)30-23(21)26-20)27-10-12-28(13-11-27)24(29)19-14-18(19)17-8-6-5-7-9-17/h5-9,18-19H,4,10-14H2,1-3H3/t18-,19?/m0/s1. The zero-order valence-electron chi connectivity index (χ0n) is 17.9. The summed E-state index contributed by atoms with van der Waals surface area (Å²) in [6.45, 7) is 9.64. The van der Waals surface area contributed by atoms with Gasteiger partial charge in [-0.15, -0.1) is 11.3 Å². The van der Waals surface area contributed by atoms with Crippen LogP contribution in [0.15, 0.2) is 30.3 Å². The lowest BCUT2D eigenvalue weighted by Crippen LogP contribution is -2.49. The molecule has 1 aliphatic carbocycles. The lowest BCUT2D eigenvalue weighted by Gasteiger charge is -2.36. The third-order valence-electron chi connectivity index (χ3n) is 6.60. The topological polar surface area (TPSA) is 49.3 Å². The van der Waals surface area contributed by atoms with Gasteiger partial charge in [0.15, 0.2) is 0 Å². The highest BCUT2D eigenvalue weighted by Crippen LogP contribution is 2.48. The number of fused-ring (bicyclic) bond motifs is 1. The van der Waals surface area contributed by atoms with Gasteiger partial charge in [0.1, 0.15) is 16.5 Å². The smallest absolute Gasteiger partial charge is 0.226 e. The number of carbonyl (C=O) groups excluding carboxylic acids is 1. The summed E-state index contributed by atoms with van der Waals surface area (Å²) in [6.07, 6.45) is 1.82. The largest absolute Gasteiger partial charge is 0.352 e. The quantitative estimate of drug-likeness (QED) is 0.631. The Morgan fingerprint density at radius 3 is 2.53 bits per heavy atom. The molecule has 3 heterocycles. The Bertz CT molecular complexity index is 1090. The second kappa shape index (κ2) is 7.65. The van der Waals surface area contributed by atoms with Crippen LogP contribution < -0.4 is 4.90 Å². The number of hydrogen-bond acceptors (Lipinski definition) is 5. The van der Waals surface area contributed by atoms with Gasteiger partial charge in [0.25, 0.3) is 0 Å². The van der Waals surface area contributed by atoms with E-state index < -0.39 is 0 Å². The van der Waals surface area contributed by atoms with E-state index in [4.69, 9.17) is 9.97 Å². The molecular formula is C24H28N4OS. The van der Waals surface area contributed by atoms with E-state index >= 15 is 0 Å². The van der Waals surface area contributed by atoms with Gasteiger partial charge in [-0.1, -0.05) is 37.3 Å². The van der Waals surface area contributed by atoms with Crippen molar-refractivity contribution < 1.29 is 4.79 Å². The van der Waals surface area contributed by atoms with E-state index in [-0.39, 0.29) is 5.92 Å². The number of aryl methyl sites for hydroxylation is 3. The number of piperazine rings is 1. The molecule has 5 nitrogen and oxygen atoms in total. The van der Waals surface area contributed by atoms with Crippen molar-refractivity contribution in [1.29, 1.82) is 0 Å². The van der Waals surface area contributed by atoms with E-state index in [1.54, 1.807) is 11.3 Å². The summed E-state index contributed by atoms with van der Waals surface area (Å²) in [6, 6.07) is 10.5. The van der Waals surface area contributed by atoms with Gasteiger partial charge in [-0.2, -0.15) is 0 Å². The minimum atomic E-state index is 0.165. The number of benzene rings is 1. The van der Waals surface area contributed by atoms with Crippen LogP contribution in [0, 0.1) is 19.8 Å². The van der Waals surface area contributed by atoms with Crippen LogP contribution in [-0.4, -0.2) is 47.0 Å². The third-order valence-corrected chi connectivity index (χ3v) is 7.70. The zero-order valence-corrected chi connectivity index (χ0v) is 18.7. The average Bonchev–Trinajstić information content (AvgIpc) is 3.54. The third kappa shape index (κ3) is 3.37. The van der Waals surface area contributed by atoms with E-state index in [0.29, 0.717) is 11.8 Å². The van der Waals surface area contributed by atoms with Crippen LogP contribution in [0.4, 0.5) is 5.82 Å². The molecule has 1 saturated carbocycles. The van der Waals surface area contributed by atoms with Crippen molar-refractivity contribution in [2.24, 2.45) is 5.92 Å². The Balaban J connectivity index is 1.30. The fourth-order valence-corrected chi connectivity index (χ4v) is 5.61. The molecule has 3 aromatic rings. The van der Waals surface area contributed by atoms with Crippen molar-refractivity contribution in [3.63, 3.8) is 0 Å². The Labute approximate surface area is 181 Å². The molecule has 0 bridgehead atoms. The van der Waals surface area contributed by atoms with Crippen molar-refractivity contribution in [1.82, 2.24) is 14.9 Å². The molecule has 2 aliphatic rings. The Morgan fingerprint density at radius 2 is 1.83 bits per heavy atom. The van der Waals surface area contributed by atoms with Crippen LogP contribution in [0.25, 0.3) is 10.2 Å². The van der Waals surface area contributed by atoms with Gasteiger partial charge in [-0.25, -0.2) is 9.97 Å². The maximum Gasteiger partial charge on any atom is 0.226 e. The van der Waals surface area contributed by atoms with Crippen molar-refractivity contribution >= 4 is 33.3 Å². The first-order valence-electron chi connectivity index (χ1n) is 10.9. The maximum atomic E-state index is 13.0. The predicted molar refractivity (Wildman–Crippen MR) is 122 cm³/mol. The molecule has 0 radical (unpaired) electrons. The van der Waals surface area contributed by atoms with Crippen molar-refractivity contribution in [2.75, 3.05) is 31.1 Å². The summed E-state index contributed by atoms with van der Waals surface area (Å²) < 4.78 is 0. The second-order valence-electron chi connectivity index (χ2n) is 8.45. The van der Waals surface area contributed by atoms with Gasteiger partial charge in [-0.05, 0) is 37.3 Å². The van der Waals surface area contributed by atoms with Gasteiger partial charge >= 0.3 is 0 Å². The predicted octanol–water partition coefficient (Wildman–Crippen LogP) is 4.32. The van der Waals surface area contributed by atoms with E-state index in [1.165, 1.54) is 21.4 Å². The first-order chi connectivity index (χ1) is 14.6. The highest BCUT2D eigenvalue weighted by atomic mass is 32.1. The number of anilines is 1. The molecule has 156 valence electrons. The number of carbonyl (C=O) groups is 1. The molecule has 1 saturated heterocycles. The lowest BCUT2D eigenvalue weighted by molar-refractivity contribution is -0.133. The molecule has 6 heteroatoms. The lowest BCUT2D eigenvalue weighted by atomic mass is 10.1. The molecule has 2 fully saturated rings. The van der Waals surface area contributed by atoms with Crippen molar-refractivity contribution in [3.05, 3.63) is 52.2 Å². The van der Waals surface area contributed by atoms with Crippen LogP contribution in [0.2, 0.25) is 0 Å². The first kappa shape index (κ1) is 19.5. The number of rotatable bonds is 4. The van der Waals surface area contributed by atoms with Crippen LogP contribution in [0.3, 0.4) is 0 Å². The second-order valence-corrected chi connectivity index (χ2v) is 9.66. The van der Waals surface area contributed by atoms with E-state index in [9.17, 15) is 4.79 Å². The minimum absolute atomic E-state index is 0.165. The average molecular weight is 421 g/mol. The fraction of sp³-hybridized carbons (Fsp3) is 0.458. The van der Waals surface area contributed by atoms with Gasteiger partial charge in [0.2, 0.25) is 5.91 Å². The summed E-state index contributed by atoms with van der Waals surface area (Å²) in [5.74, 6) is 2.85. The summed E-state index contributed by atoms with van der Waals surface area (Å²) >= 11 is 1.76. The normalized spacial score (nSPS) is 21.3. The molecule has 5 rings (SSSR count). The Hall–Kier alpha value is -2.47. The number of hydrogen-bond donors (Lipinski definition) is 0. The maximum absolute atomic E-state index is 13.0. The van der Waals surface area contributed by atoms with Gasteiger partial charge in [-0.3, -0.25) is 4.79 Å². The summed E-state index contributed by atoms with van der Waals surface area (Å²) in [4.78, 5) is 29.5. The number of amides is 1. The van der Waals surface area contributed by atoms with E-state index in [2.05, 4.69) is 54.8 Å². The number of nitrogens with zero attached hydrogens (tertiary/aromatic N) is 4. The molecule has 0 spiro atoms. The minimum Gasteiger partial charge on any atom is -0.352 e. The van der Waals surface area contributed by atoms with E-state index in [0.717, 1.165) is 55.5 Å². The van der Waals surface area contributed by atoms with Crippen molar-refractivity contribution in [3.8, 4) is 0 Å². The summed E-state index contributed by atoms with van der Waals surface area (Å²) in [7, 11) is 0. The molecule has 30 heavy (non-hydrogen) atoms. The SMILES string of the molecule is CCc1nc(N2CCN(C(=O)C3C[C@H]3c3ccccc3)CC2)c2c(C)c(C)sc2n1. The van der Waals surface area contributed by atoms with Gasteiger partial charge in [0.05, 0.1) is 5.39 Å². The molecule has 2 atom stereocenters. The molecule has 2 aromatic heterocycles. The molecule has 0 N–H and O–H groups in total. The van der Waals surface area contributed by atoms with Crippen molar-refractivity contribution in [2.45, 2.75) is 39.5 Å². The molecule has 1 unspecified atom stereocenters. The van der Waals surface area contributed by atoms with Crippen LogP contribution >= 0.6 is 11.3 Å².